The maximum atomic E-state index is 11.2. The van der Waals surface area contributed by atoms with Gasteiger partial charge < -0.3 is 19.5 Å². The summed E-state index contributed by atoms with van der Waals surface area (Å²) in [6.07, 6.45) is 2.31. The van der Waals surface area contributed by atoms with Crippen LogP contribution in [0.4, 0.5) is 0 Å². The van der Waals surface area contributed by atoms with Crippen molar-refractivity contribution in [2.75, 3.05) is 40.1 Å². The van der Waals surface area contributed by atoms with Gasteiger partial charge in [0.2, 0.25) is 5.91 Å². The predicted molar refractivity (Wildman–Crippen MR) is 54.7 cm³/mol. The summed E-state index contributed by atoms with van der Waals surface area (Å²) >= 11 is 0. The van der Waals surface area contributed by atoms with Crippen LogP contribution < -0.4 is 5.32 Å². The largest absolute Gasteiger partial charge is 0.382 e. The first-order valence-corrected chi connectivity index (χ1v) is 5.28. The average molecular weight is 217 g/mol. The Balaban J connectivity index is 1.93. The summed E-state index contributed by atoms with van der Waals surface area (Å²) in [5.74, 6) is -0.0957. The molecule has 1 aliphatic heterocycles. The van der Waals surface area contributed by atoms with E-state index in [-0.39, 0.29) is 18.6 Å². The van der Waals surface area contributed by atoms with Gasteiger partial charge in [-0.25, -0.2) is 0 Å². The second kappa shape index (κ2) is 7.62. The van der Waals surface area contributed by atoms with Gasteiger partial charge in [-0.3, -0.25) is 4.79 Å². The van der Waals surface area contributed by atoms with E-state index in [0.29, 0.717) is 19.8 Å². The normalized spacial score (nSPS) is 20.5. The molecule has 1 aliphatic rings. The first-order chi connectivity index (χ1) is 7.33. The van der Waals surface area contributed by atoms with Gasteiger partial charge in [0.25, 0.3) is 0 Å². The minimum Gasteiger partial charge on any atom is -0.382 e. The number of hydrogen-bond donors (Lipinski definition) is 1. The van der Waals surface area contributed by atoms with Crippen LogP contribution in [0.2, 0.25) is 0 Å². The van der Waals surface area contributed by atoms with Gasteiger partial charge in [0.1, 0.15) is 6.61 Å². The highest BCUT2D eigenvalue weighted by atomic mass is 16.5. The Morgan fingerprint density at radius 1 is 1.53 bits per heavy atom. The number of amides is 1. The second-order valence-corrected chi connectivity index (χ2v) is 3.48. The quantitative estimate of drug-likeness (QED) is 0.607. The molecule has 5 heteroatoms. The van der Waals surface area contributed by atoms with E-state index in [4.69, 9.17) is 14.2 Å². The smallest absolute Gasteiger partial charge is 0.246 e. The van der Waals surface area contributed by atoms with E-state index in [0.717, 1.165) is 19.4 Å². The summed E-state index contributed by atoms with van der Waals surface area (Å²) in [6.45, 7) is 2.45. The molecule has 1 atom stereocenters. The van der Waals surface area contributed by atoms with Crippen molar-refractivity contribution in [1.82, 2.24) is 5.32 Å². The third kappa shape index (κ3) is 5.71. The molecule has 0 bridgehead atoms. The van der Waals surface area contributed by atoms with E-state index in [1.807, 2.05) is 0 Å². The molecule has 15 heavy (non-hydrogen) atoms. The van der Waals surface area contributed by atoms with Crippen LogP contribution in [0, 0.1) is 0 Å². The summed E-state index contributed by atoms with van der Waals surface area (Å²) in [4.78, 5) is 11.2. The van der Waals surface area contributed by atoms with Gasteiger partial charge in [0.05, 0.1) is 19.3 Å². The molecule has 1 unspecified atom stereocenters. The number of nitrogens with one attached hydrogen (secondary N) is 1. The zero-order valence-electron chi connectivity index (χ0n) is 9.16. The van der Waals surface area contributed by atoms with Gasteiger partial charge in [0, 0.05) is 20.3 Å². The fourth-order valence-electron chi connectivity index (χ4n) is 1.39. The molecule has 0 saturated carbocycles. The SMILES string of the molecule is COCCOCC(=O)NCC1CCCO1. The number of methoxy groups -OCH3 is 1. The van der Waals surface area contributed by atoms with Crippen molar-refractivity contribution >= 4 is 5.91 Å². The van der Waals surface area contributed by atoms with Gasteiger partial charge in [-0.05, 0) is 12.8 Å². The Kier molecular flexibility index (Phi) is 6.31. The molecule has 0 aromatic carbocycles. The van der Waals surface area contributed by atoms with Crippen LogP contribution in [0.25, 0.3) is 0 Å². The lowest BCUT2D eigenvalue weighted by molar-refractivity contribution is -0.126. The van der Waals surface area contributed by atoms with Crippen molar-refractivity contribution in [3.05, 3.63) is 0 Å². The van der Waals surface area contributed by atoms with Crippen LogP contribution >= 0.6 is 0 Å². The molecule has 1 N–H and O–H groups in total. The van der Waals surface area contributed by atoms with E-state index in [2.05, 4.69) is 5.32 Å². The van der Waals surface area contributed by atoms with Gasteiger partial charge in [-0.15, -0.1) is 0 Å². The fourth-order valence-corrected chi connectivity index (χ4v) is 1.39. The summed E-state index contributed by atoms with van der Waals surface area (Å²) in [5.41, 5.74) is 0. The number of hydrogen-bond acceptors (Lipinski definition) is 4. The molecule has 1 amide bonds. The molecule has 0 radical (unpaired) electrons. The Labute approximate surface area is 90.1 Å². The van der Waals surface area contributed by atoms with Gasteiger partial charge in [-0.1, -0.05) is 0 Å². The van der Waals surface area contributed by atoms with Crippen molar-refractivity contribution in [3.8, 4) is 0 Å². The highest BCUT2D eigenvalue weighted by Crippen LogP contribution is 2.10. The van der Waals surface area contributed by atoms with E-state index in [9.17, 15) is 4.79 Å². The zero-order chi connectivity index (χ0) is 10.9. The maximum absolute atomic E-state index is 11.2. The Morgan fingerprint density at radius 2 is 2.40 bits per heavy atom. The first kappa shape index (κ1) is 12.4. The topological polar surface area (TPSA) is 56.8 Å². The van der Waals surface area contributed by atoms with Crippen molar-refractivity contribution in [2.24, 2.45) is 0 Å². The lowest BCUT2D eigenvalue weighted by Gasteiger charge is -2.10. The van der Waals surface area contributed by atoms with Crippen molar-refractivity contribution in [2.45, 2.75) is 18.9 Å². The molecule has 0 aliphatic carbocycles. The monoisotopic (exact) mass is 217 g/mol. The van der Waals surface area contributed by atoms with E-state index < -0.39 is 0 Å². The molecule has 1 fully saturated rings. The maximum Gasteiger partial charge on any atom is 0.246 e. The molecule has 1 rings (SSSR count). The van der Waals surface area contributed by atoms with Gasteiger partial charge in [-0.2, -0.15) is 0 Å². The summed E-state index contributed by atoms with van der Waals surface area (Å²) in [6, 6.07) is 0. The molecule has 1 heterocycles. The summed E-state index contributed by atoms with van der Waals surface area (Å²) in [7, 11) is 1.60. The number of carbonyl (C=O) groups excluding carboxylic acids is 1. The molecule has 0 aromatic heterocycles. The average Bonchev–Trinajstić information content (AvgIpc) is 2.74. The molecular formula is C10H19NO4. The summed E-state index contributed by atoms with van der Waals surface area (Å²) in [5, 5.41) is 2.77. The highest BCUT2D eigenvalue weighted by molar-refractivity contribution is 5.77. The van der Waals surface area contributed by atoms with Crippen molar-refractivity contribution in [1.29, 1.82) is 0 Å². The van der Waals surface area contributed by atoms with Crippen LogP contribution in [0.3, 0.4) is 0 Å². The van der Waals surface area contributed by atoms with Crippen LogP contribution in [-0.4, -0.2) is 52.1 Å². The molecule has 1 saturated heterocycles. The minimum absolute atomic E-state index is 0.0933. The lowest BCUT2D eigenvalue weighted by atomic mass is 10.2. The highest BCUT2D eigenvalue weighted by Gasteiger charge is 2.15. The van der Waals surface area contributed by atoms with E-state index >= 15 is 0 Å². The Hall–Kier alpha value is -0.650. The van der Waals surface area contributed by atoms with Gasteiger partial charge >= 0.3 is 0 Å². The lowest BCUT2D eigenvalue weighted by Crippen LogP contribution is -2.34. The fraction of sp³-hybridized carbons (Fsp3) is 0.900. The Morgan fingerprint density at radius 3 is 3.07 bits per heavy atom. The van der Waals surface area contributed by atoms with E-state index in [1.165, 1.54) is 0 Å². The number of rotatable bonds is 7. The second-order valence-electron chi connectivity index (χ2n) is 3.48. The molecule has 5 nitrogen and oxygen atoms in total. The Bertz CT molecular complexity index is 180. The number of ether oxygens (including phenoxy) is 3. The molecular weight excluding hydrogens is 198 g/mol. The molecule has 0 aromatic rings. The van der Waals surface area contributed by atoms with Crippen LogP contribution in [0.15, 0.2) is 0 Å². The zero-order valence-corrected chi connectivity index (χ0v) is 9.16. The predicted octanol–water partition coefficient (Wildman–Crippen LogP) is -0.0554. The van der Waals surface area contributed by atoms with Crippen molar-refractivity contribution in [3.63, 3.8) is 0 Å². The molecule has 88 valence electrons. The van der Waals surface area contributed by atoms with Crippen LogP contribution in [0.1, 0.15) is 12.8 Å². The standard InChI is InChI=1S/C10H19NO4/c1-13-5-6-14-8-10(12)11-7-9-3-2-4-15-9/h9H,2-8H2,1H3,(H,11,12). The van der Waals surface area contributed by atoms with Crippen molar-refractivity contribution < 1.29 is 19.0 Å². The molecule has 0 spiro atoms. The minimum atomic E-state index is -0.0957. The number of carbonyl (C=O) groups is 1. The van der Waals surface area contributed by atoms with Gasteiger partial charge in [0.15, 0.2) is 0 Å². The van der Waals surface area contributed by atoms with Crippen LogP contribution in [-0.2, 0) is 19.0 Å². The third-order valence-electron chi connectivity index (χ3n) is 2.22. The first-order valence-electron chi connectivity index (χ1n) is 5.28. The van der Waals surface area contributed by atoms with E-state index in [1.54, 1.807) is 7.11 Å². The third-order valence-corrected chi connectivity index (χ3v) is 2.22. The van der Waals surface area contributed by atoms with Crippen LogP contribution in [0.5, 0.6) is 0 Å². The summed E-state index contributed by atoms with van der Waals surface area (Å²) < 4.78 is 15.2.